The smallest absolute Gasteiger partial charge is 0.123 e. The van der Waals surface area contributed by atoms with Crippen molar-refractivity contribution in [1.29, 1.82) is 0 Å². The maximum absolute atomic E-state index is 6.07. The normalized spacial score (nSPS) is 12.2. The molecule has 0 bridgehead atoms. The topological polar surface area (TPSA) is 47.3 Å². The first-order valence-corrected chi connectivity index (χ1v) is 8.47. The average molecular weight is 388 g/mol. The summed E-state index contributed by atoms with van der Waals surface area (Å²) in [5, 5.41) is 0.666. The van der Waals surface area contributed by atoms with Gasteiger partial charge in [0.2, 0.25) is 0 Å². The van der Waals surface area contributed by atoms with Gasteiger partial charge >= 0.3 is 0 Å². The molecule has 3 N–H and O–H groups in total. The molecule has 1 unspecified atom stereocenters. The molecule has 0 heterocycles. The molecule has 0 radical (unpaired) electrons. The Labute approximate surface area is 142 Å². The van der Waals surface area contributed by atoms with Crippen molar-refractivity contribution in [2.75, 3.05) is 12.9 Å². The molecule has 0 aliphatic heterocycles. The van der Waals surface area contributed by atoms with Crippen LogP contribution in [0.5, 0.6) is 5.75 Å². The predicted molar refractivity (Wildman–Crippen MR) is 92.9 cm³/mol. The molecule has 0 aliphatic carbocycles. The first-order chi connectivity index (χ1) is 10.1. The molecule has 112 valence electrons. The maximum Gasteiger partial charge on any atom is 0.123 e. The minimum atomic E-state index is -0.0488. The van der Waals surface area contributed by atoms with Crippen molar-refractivity contribution in [3.8, 4) is 5.75 Å². The van der Waals surface area contributed by atoms with E-state index in [4.69, 9.17) is 22.2 Å². The number of benzene rings is 2. The Kier molecular flexibility index (Phi) is 6.39. The van der Waals surface area contributed by atoms with E-state index in [-0.39, 0.29) is 6.04 Å². The summed E-state index contributed by atoms with van der Waals surface area (Å²) >= 11 is 11.2. The van der Waals surface area contributed by atoms with Crippen molar-refractivity contribution in [3.63, 3.8) is 0 Å². The number of hydrogen-bond donors (Lipinski definition) is 2. The van der Waals surface area contributed by atoms with Crippen LogP contribution in [0.1, 0.15) is 11.6 Å². The summed E-state index contributed by atoms with van der Waals surface area (Å²) < 4.78 is 6.45. The summed E-state index contributed by atoms with van der Waals surface area (Å²) in [6.45, 7) is 0. The fraction of sp³-hybridized carbons (Fsp3) is 0.200. The number of rotatable bonds is 6. The molecule has 21 heavy (non-hydrogen) atoms. The molecule has 2 aromatic rings. The van der Waals surface area contributed by atoms with E-state index in [1.54, 1.807) is 24.9 Å². The Balaban J connectivity index is 2.12. The van der Waals surface area contributed by atoms with Crippen molar-refractivity contribution in [1.82, 2.24) is 5.43 Å². The van der Waals surface area contributed by atoms with Crippen molar-refractivity contribution >= 4 is 39.3 Å². The van der Waals surface area contributed by atoms with E-state index in [2.05, 4.69) is 33.5 Å². The first kappa shape index (κ1) is 16.6. The van der Waals surface area contributed by atoms with Crippen LogP contribution in [0.2, 0.25) is 5.02 Å². The molecule has 0 amide bonds. The van der Waals surface area contributed by atoms with Crippen molar-refractivity contribution < 1.29 is 4.74 Å². The molecule has 0 aromatic heterocycles. The molecule has 6 heteroatoms. The molecule has 3 nitrogen and oxygen atoms in total. The second-order valence-electron chi connectivity index (χ2n) is 4.37. The van der Waals surface area contributed by atoms with E-state index in [0.29, 0.717) is 5.02 Å². The Bertz CT molecular complexity index is 595. The van der Waals surface area contributed by atoms with Gasteiger partial charge in [0.25, 0.3) is 0 Å². The third-order valence-corrected chi connectivity index (χ3v) is 4.87. The zero-order valence-corrected chi connectivity index (χ0v) is 14.6. The summed E-state index contributed by atoms with van der Waals surface area (Å²) in [6, 6.07) is 13.7. The standard InChI is InChI=1S/C15H16BrClN2OS/c1-20-15-7-4-11(17)8-13(15)14(19-18)9-21-12-5-2-10(16)3-6-12/h2-8,14,19H,9,18H2,1H3. The monoisotopic (exact) mass is 386 g/mol. The molecular weight excluding hydrogens is 372 g/mol. The van der Waals surface area contributed by atoms with Crippen molar-refractivity contribution in [2.24, 2.45) is 5.84 Å². The van der Waals surface area contributed by atoms with Gasteiger partial charge in [0.1, 0.15) is 5.75 Å². The highest BCUT2D eigenvalue weighted by atomic mass is 79.9. The van der Waals surface area contributed by atoms with E-state index >= 15 is 0 Å². The number of nitrogens with one attached hydrogen (secondary N) is 1. The Morgan fingerprint density at radius 1 is 1.29 bits per heavy atom. The first-order valence-electron chi connectivity index (χ1n) is 6.32. The zero-order valence-electron chi connectivity index (χ0n) is 11.5. The van der Waals surface area contributed by atoms with Gasteiger partial charge in [-0.05, 0) is 42.5 Å². The molecule has 0 aliphatic rings. The molecule has 0 spiro atoms. The fourth-order valence-electron chi connectivity index (χ4n) is 1.92. The maximum atomic E-state index is 6.07. The van der Waals surface area contributed by atoms with Gasteiger partial charge in [-0.25, -0.2) is 0 Å². The number of hydrazine groups is 1. The fourth-order valence-corrected chi connectivity index (χ4v) is 3.32. The number of halogens is 2. The highest BCUT2D eigenvalue weighted by molar-refractivity contribution is 9.10. The molecular formula is C15H16BrClN2OS. The number of nitrogens with two attached hydrogens (primary N) is 1. The lowest BCUT2D eigenvalue weighted by Crippen LogP contribution is -2.30. The van der Waals surface area contributed by atoms with Gasteiger partial charge < -0.3 is 4.74 Å². The second-order valence-corrected chi connectivity index (χ2v) is 6.82. The highest BCUT2D eigenvalue weighted by Gasteiger charge is 2.16. The van der Waals surface area contributed by atoms with Gasteiger partial charge in [0.15, 0.2) is 0 Å². The average Bonchev–Trinajstić information content (AvgIpc) is 2.50. The SMILES string of the molecule is COc1ccc(Cl)cc1C(CSc1ccc(Br)cc1)NN. The summed E-state index contributed by atoms with van der Waals surface area (Å²) in [5.41, 5.74) is 3.79. The second kappa shape index (κ2) is 8.06. The molecule has 1 atom stereocenters. The van der Waals surface area contributed by atoms with Crippen LogP contribution in [-0.2, 0) is 0 Å². The van der Waals surface area contributed by atoms with Gasteiger partial charge in [-0.1, -0.05) is 27.5 Å². The van der Waals surface area contributed by atoms with E-state index in [9.17, 15) is 0 Å². The van der Waals surface area contributed by atoms with Crippen LogP contribution in [0, 0.1) is 0 Å². The minimum absolute atomic E-state index is 0.0488. The molecule has 2 rings (SSSR count). The van der Waals surface area contributed by atoms with Crippen molar-refractivity contribution in [3.05, 3.63) is 57.5 Å². The zero-order chi connectivity index (χ0) is 15.2. The Morgan fingerprint density at radius 2 is 2.00 bits per heavy atom. The lowest BCUT2D eigenvalue weighted by molar-refractivity contribution is 0.403. The summed E-state index contributed by atoms with van der Waals surface area (Å²) in [6.07, 6.45) is 0. The highest BCUT2D eigenvalue weighted by Crippen LogP contribution is 2.32. The van der Waals surface area contributed by atoms with Crippen LogP contribution in [0.15, 0.2) is 51.8 Å². The lowest BCUT2D eigenvalue weighted by Gasteiger charge is -2.19. The predicted octanol–water partition coefficient (Wildman–Crippen LogP) is 4.41. The summed E-state index contributed by atoms with van der Waals surface area (Å²) in [7, 11) is 1.64. The van der Waals surface area contributed by atoms with Crippen LogP contribution in [0.3, 0.4) is 0 Å². The Morgan fingerprint density at radius 3 is 2.62 bits per heavy atom. The van der Waals surface area contributed by atoms with Gasteiger partial charge in [-0.15, -0.1) is 11.8 Å². The van der Waals surface area contributed by atoms with E-state index in [0.717, 1.165) is 21.5 Å². The third kappa shape index (κ3) is 4.63. The van der Waals surface area contributed by atoms with E-state index in [1.807, 2.05) is 24.3 Å². The molecule has 0 fully saturated rings. The van der Waals surface area contributed by atoms with Gasteiger partial charge in [0.05, 0.1) is 13.2 Å². The van der Waals surface area contributed by atoms with Gasteiger partial charge in [-0.3, -0.25) is 11.3 Å². The Hall–Kier alpha value is -0.720. The van der Waals surface area contributed by atoms with E-state index in [1.165, 1.54) is 4.90 Å². The minimum Gasteiger partial charge on any atom is -0.496 e. The van der Waals surface area contributed by atoms with Crippen LogP contribution in [0.4, 0.5) is 0 Å². The van der Waals surface area contributed by atoms with Gasteiger partial charge in [0, 0.05) is 25.7 Å². The number of methoxy groups -OCH3 is 1. The number of ether oxygens (including phenoxy) is 1. The quantitative estimate of drug-likeness (QED) is 0.438. The summed E-state index contributed by atoms with van der Waals surface area (Å²) in [5.74, 6) is 7.25. The number of thioether (sulfide) groups is 1. The van der Waals surface area contributed by atoms with Crippen molar-refractivity contribution in [2.45, 2.75) is 10.9 Å². The summed E-state index contributed by atoms with van der Waals surface area (Å²) in [4.78, 5) is 1.18. The third-order valence-electron chi connectivity index (χ3n) is 3.00. The van der Waals surface area contributed by atoms with Gasteiger partial charge in [-0.2, -0.15) is 0 Å². The largest absolute Gasteiger partial charge is 0.496 e. The van der Waals surface area contributed by atoms with Crippen LogP contribution >= 0.6 is 39.3 Å². The number of hydrogen-bond acceptors (Lipinski definition) is 4. The van der Waals surface area contributed by atoms with Crippen LogP contribution < -0.4 is 16.0 Å². The van der Waals surface area contributed by atoms with E-state index < -0.39 is 0 Å². The lowest BCUT2D eigenvalue weighted by atomic mass is 10.1. The molecule has 2 aromatic carbocycles. The van der Waals surface area contributed by atoms with Crippen LogP contribution in [-0.4, -0.2) is 12.9 Å². The molecule has 0 saturated heterocycles. The van der Waals surface area contributed by atoms with Crippen LogP contribution in [0.25, 0.3) is 0 Å². The molecule has 0 saturated carbocycles.